The van der Waals surface area contributed by atoms with E-state index in [4.69, 9.17) is 5.11 Å². The van der Waals surface area contributed by atoms with Crippen LogP contribution >= 0.6 is 0 Å². The van der Waals surface area contributed by atoms with Gasteiger partial charge in [0, 0.05) is 44.4 Å². The molecule has 1 atom stereocenters. The van der Waals surface area contributed by atoms with Crippen molar-refractivity contribution in [3.05, 3.63) is 0 Å². The number of amides is 2. The van der Waals surface area contributed by atoms with E-state index < -0.39 is 0 Å². The van der Waals surface area contributed by atoms with Crippen LogP contribution < -0.4 is 5.32 Å². The van der Waals surface area contributed by atoms with E-state index in [1.165, 1.54) is 25.7 Å². The first-order chi connectivity index (χ1) is 10.8. The summed E-state index contributed by atoms with van der Waals surface area (Å²) in [5.41, 5.74) is 0. The summed E-state index contributed by atoms with van der Waals surface area (Å²) in [6, 6.07) is 1.67. The molecule has 3 rings (SSSR count). The topological polar surface area (TPSA) is 55.8 Å². The number of likely N-dealkylation sites (tertiary alicyclic amines) is 1. The number of nitrogens with zero attached hydrogens (tertiary/aromatic N) is 2. The van der Waals surface area contributed by atoms with Gasteiger partial charge in [-0.05, 0) is 44.9 Å². The average molecular weight is 309 g/mol. The minimum absolute atomic E-state index is 0.124. The molecule has 5 nitrogen and oxygen atoms in total. The minimum atomic E-state index is 0.124. The van der Waals surface area contributed by atoms with Crippen LogP contribution in [0.4, 0.5) is 4.79 Å². The quantitative estimate of drug-likeness (QED) is 0.707. The van der Waals surface area contributed by atoms with Crippen LogP contribution in [-0.2, 0) is 0 Å². The fourth-order valence-electron chi connectivity index (χ4n) is 3.99. The van der Waals surface area contributed by atoms with Crippen molar-refractivity contribution in [3.8, 4) is 0 Å². The van der Waals surface area contributed by atoms with E-state index in [0.717, 1.165) is 57.8 Å². The van der Waals surface area contributed by atoms with Gasteiger partial charge in [-0.25, -0.2) is 4.79 Å². The number of nitrogens with one attached hydrogen (secondary N) is 1. The summed E-state index contributed by atoms with van der Waals surface area (Å²) in [5.74, 6) is 0. The van der Waals surface area contributed by atoms with Gasteiger partial charge in [0.05, 0.1) is 0 Å². The Labute approximate surface area is 134 Å². The van der Waals surface area contributed by atoms with Crippen molar-refractivity contribution in [2.45, 2.75) is 75.9 Å². The van der Waals surface area contributed by atoms with Crippen LogP contribution in [0.3, 0.4) is 0 Å². The summed E-state index contributed by atoms with van der Waals surface area (Å²) in [7, 11) is 0. The fourth-order valence-corrected chi connectivity index (χ4v) is 3.99. The molecule has 3 aliphatic rings. The Morgan fingerprint density at radius 3 is 2.59 bits per heavy atom. The highest BCUT2D eigenvalue weighted by Gasteiger charge is 2.35. The molecule has 2 saturated carbocycles. The Morgan fingerprint density at radius 2 is 1.91 bits per heavy atom. The second-order valence-electron chi connectivity index (χ2n) is 7.22. The number of unbranched alkanes of at least 4 members (excludes halogenated alkanes) is 1. The zero-order valence-electron chi connectivity index (χ0n) is 13.7. The molecule has 0 aromatic heterocycles. The standard InChI is InChI=1S/C17H31N3O2/c21-12-4-3-10-20(16-7-8-16)17(22)18-14-9-11-19(13-14)15-5-1-2-6-15/h14-16,21H,1-13H2,(H,18,22). The van der Waals surface area contributed by atoms with Crippen molar-refractivity contribution in [2.75, 3.05) is 26.2 Å². The lowest BCUT2D eigenvalue weighted by Crippen LogP contribution is -2.47. The maximum atomic E-state index is 12.5. The number of carbonyl (C=O) groups excluding carboxylic acids is 1. The molecule has 22 heavy (non-hydrogen) atoms. The monoisotopic (exact) mass is 309 g/mol. The molecule has 0 aromatic rings. The Bertz CT molecular complexity index is 367. The number of aliphatic hydroxyl groups is 1. The van der Waals surface area contributed by atoms with E-state index in [9.17, 15) is 4.79 Å². The van der Waals surface area contributed by atoms with Crippen LogP contribution in [0.1, 0.15) is 57.8 Å². The lowest BCUT2D eigenvalue weighted by atomic mass is 10.2. The van der Waals surface area contributed by atoms with Crippen LogP contribution in [0, 0.1) is 0 Å². The molecule has 0 spiro atoms. The van der Waals surface area contributed by atoms with E-state index in [-0.39, 0.29) is 12.6 Å². The summed E-state index contributed by atoms with van der Waals surface area (Å²) in [4.78, 5) is 17.1. The molecule has 2 N–H and O–H groups in total. The van der Waals surface area contributed by atoms with Crippen molar-refractivity contribution >= 4 is 6.03 Å². The van der Waals surface area contributed by atoms with Gasteiger partial charge in [0.15, 0.2) is 0 Å². The van der Waals surface area contributed by atoms with Crippen LogP contribution in [0.5, 0.6) is 0 Å². The lowest BCUT2D eigenvalue weighted by Gasteiger charge is -2.26. The molecule has 1 aliphatic heterocycles. The van der Waals surface area contributed by atoms with E-state index in [1.807, 2.05) is 4.90 Å². The van der Waals surface area contributed by atoms with Crippen LogP contribution in [-0.4, -0.2) is 65.3 Å². The van der Waals surface area contributed by atoms with E-state index in [1.54, 1.807) is 0 Å². The molecular weight excluding hydrogens is 278 g/mol. The second kappa shape index (κ2) is 7.64. The molecule has 3 fully saturated rings. The first kappa shape index (κ1) is 16.1. The predicted molar refractivity (Wildman–Crippen MR) is 86.8 cm³/mol. The zero-order valence-corrected chi connectivity index (χ0v) is 13.7. The third-order valence-corrected chi connectivity index (χ3v) is 5.44. The lowest BCUT2D eigenvalue weighted by molar-refractivity contribution is 0.185. The van der Waals surface area contributed by atoms with E-state index in [2.05, 4.69) is 10.2 Å². The summed E-state index contributed by atoms with van der Waals surface area (Å²) in [6.07, 6.45) is 10.5. The number of hydrogen-bond acceptors (Lipinski definition) is 3. The van der Waals surface area contributed by atoms with Gasteiger partial charge in [0.2, 0.25) is 0 Å². The smallest absolute Gasteiger partial charge is 0.317 e. The Kier molecular flexibility index (Phi) is 5.58. The van der Waals surface area contributed by atoms with Crippen molar-refractivity contribution in [1.29, 1.82) is 0 Å². The molecule has 2 aliphatic carbocycles. The first-order valence-electron chi connectivity index (χ1n) is 9.20. The zero-order chi connectivity index (χ0) is 15.4. The molecule has 0 radical (unpaired) electrons. The van der Waals surface area contributed by atoms with Crippen LogP contribution in [0.15, 0.2) is 0 Å². The number of urea groups is 1. The molecule has 5 heteroatoms. The van der Waals surface area contributed by atoms with Gasteiger partial charge in [0.1, 0.15) is 0 Å². The normalized spacial score (nSPS) is 26.5. The Hall–Kier alpha value is -0.810. The van der Waals surface area contributed by atoms with Crippen LogP contribution in [0.25, 0.3) is 0 Å². The summed E-state index contributed by atoms with van der Waals surface area (Å²) in [5, 5.41) is 12.2. The fraction of sp³-hybridized carbons (Fsp3) is 0.941. The molecular formula is C17H31N3O2. The number of hydrogen-bond donors (Lipinski definition) is 2. The Balaban J connectivity index is 1.44. The van der Waals surface area contributed by atoms with Crippen molar-refractivity contribution in [1.82, 2.24) is 15.1 Å². The number of rotatable bonds is 7. The van der Waals surface area contributed by atoms with Crippen LogP contribution in [0.2, 0.25) is 0 Å². The van der Waals surface area contributed by atoms with Crippen molar-refractivity contribution in [2.24, 2.45) is 0 Å². The van der Waals surface area contributed by atoms with Gasteiger partial charge < -0.3 is 15.3 Å². The molecule has 1 unspecified atom stereocenters. The van der Waals surface area contributed by atoms with E-state index in [0.29, 0.717) is 12.1 Å². The number of carbonyl (C=O) groups is 1. The van der Waals surface area contributed by atoms with Gasteiger partial charge in [0.25, 0.3) is 0 Å². The van der Waals surface area contributed by atoms with Gasteiger partial charge in [-0.2, -0.15) is 0 Å². The highest BCUT2D eigenvalue weighted by molar-refractivity contribution is 5.75. The molecule has 0 aromatic carbocycles. The molecule has 0 bridgehead atoms. The van der Waals surface area contributed by atoms with Gasteiger partial charge in [-0.3, -0.25) is 4.90 Å². The maximum absolute atomic E-state index is 12.5. The van der Waals surface area contributed by atoms with Gasteiger partial charge in [-0.15, -0.1) is 0 Å². The van der Waals surface area contributed by atoms with Gasteiger partial charge >= 0.3 is 6.03 Å². The predicted octanol–water partition coefficient (Wildman–Crippen LogP) is 1.95. The number of aliphatic hydroxyl groups excluding tert-OH is 1. The highest BCUT2D eigenvalue weighted by Crippen LogP contribution is 2.28. The third kappa shape index (κ3) is 4.13. The molecule has 126 valence electrons. The summed E-state index contributed by atoms with van der Waals surface area (Å²) < 4.78 is 0. The third-order valence-electron chi connectivity index (χ3n) is 5.44. The minimum Gasteiger partial charge on any atom is -0.396 e. The van der Waals surface area contributed by atoms with Gasteiger partial charge in [-0.1, -0.05) is 12.8 Å². The summed E-state index contributed by atoms with van der Waals surface area (Å²) in [6.45, 7) is 3.18. The molecule has 1 saturated heterocycles. The van der Waals surface area contributed by atoms with E-state index >= 15 is 0 Å². The summed E-state index contributed by atoms with van der Waals surface area (Å²) >= 11 is 0. The molecule has 2 amide bonds. The highest BCUT2D eigenvalue weighted by atomic mass is 16.3. The second-order valence-corrected chi connectivity index (χ2v) is 7.22. The average Bonchev–Trinajstić information content (AvgIpc) is 3.02. The first-order valence-corrected chi connectivity index (χ1v) is 9.20. The Morgan fingerprint density at radius 1 is 1.14 bits per heavy atom. The maximum Gasteiger partial charge on any atom is 0.317 e. The SMILES string of the molecule is O=C(NC1CCN(C2CCCC2)C1)N(CCCCO)C1CC1. The van der Waals surface area contributed by atoms with Crippen molar-refractivity contribution < 1.29 is 9.90 Å². The largest absolute Gasteiger partial charge is 0.396 e. The van der Waals surface area contributed by atoms with Crippen molar-refractivity contribution in [3.63, 3.8) is 0 Å². The molecule has 1 heterocycles.